The lowest BCUT2D eigenvalue weighted by molar-refractivity contribution is 0.473. The molecule has 76 valence electrons. The average molecular weight is 188 g/mol. The maximum absolute atomic E-state index is 2.40. The van der Waals surface area contributed by atoms with Crippen LogP contribution < -0.4 is 0 Å². The summed E-state index contributed by atoms with van der Waals surface area (Å²) < 4.78 is 0. The molecule has 0 nitrogen and oxygen atoms in total. The predicted octanol–water partition coefficient (Wildman–Crippen LogP) is 3.98. The Bertz CT molecular complexity index is 288. The summed E-state index contributed by atoms with van der Waals surface area (Å²) in [6.45, 7) is 2.40. The van der Waals surface area contributed by atoms with E-state index in [1.165, 1.54) is 38.5 Å². The fourth-order valence-electron chi connectivity index (χ4n) is 2.40. The fraction of sp³-hybridized carbons (Fsp3) is 0.571. The van der Waals surface area contributed by atoms with Crippen LogP contribution in [0, 0.1) is 5.92 Å². The van der Waals surface area contributed by atoms with E-state index >= 15 is 0 Å². The second-order valence-electron chi connectivity index (χ2n) is 4.66. The Morgan fingerprint density at radius 2 is 1.64 bits per heavy atom. The van der Waals surface area contributed by atoms with Gasteiger partial charge in [0.25, 0.3) is 0 Å². The van der Waals surface area contributed by atoms with Gasteiger partial charge in [0.2, 0.25) is 0 Å². The fourth-order valence-corrected chi connectivity index (χ4v) is 2.40. The molecule has 0 amide bonds. The van der Waals surface area contributed by atoms with E-state index in [9.17, 15) is 0 Å². The van der Waals surface area contributed by atoms with E-state index in [0.717, 1.165) is 5.92 Å². The summed E-state index contributed by atoms with van der Waals surface area (Å²) in [4.78, 5) is 0. The molecule has 1 unspecified atom stereocenters. The molecular weight excluding hydrogens is 168 g/mol. The van der Waals surface area contributed by atoms with E-state index in [4.69, 9.17) is 0 Å². The molecule has 0 N–H and O–H groups in total. The van der Waals surface area contributed by atoms with Crippen molar-refractivity contribution in [1.82, 2.24) is 0 Å². The Hall–Kier alpha value is -0.780. The van der Waals surface area contributed by atoms with Crippen LogP contribution in [0.1, 0.15) is 43.7 Å². The van der Waals surface area contributed by atoms with Crippen LogP contribution in [0.25, 0.3) is 0 Å². The van der Waals surface area contributed by atoms with Gasteiger partial charge in [0.05, 0.1) is 0 Å². The molecule has 0 aromatic heterocycles. The van der Waals surface area contributed by atoms with Crippen molar-refractivity contribution < 1.29 is 0 Å². The molecule has 0 spiro atoms. The maximum atomic E-state index is 2.40. The van der Waals surface area contributed by atoms with Gasteiger partial charge in [-0.1, -0.05) is 44.0 Å². The lowest BCUT2D eigenvalue weighted by atomic mass is 9.97. The van der Waals surface area contributed by atoms with Gasteiger partial charge in [-0.25, -0.2) is 0 Å². The van der Waals surface area contributed by atoms with Gasteiger partial charge in [-0.3, -0.25) is 0 Å². The number of hydrogen-bond donors (Lipinski definition) is 0. The Balaban J connectivity index is 2.16. The summed E-state index contributed by atoms with van der Waals surface area (Å²) >= 11 is 0. The second-order valence-corrected chi connectivity index (χ2v) is 4.66. The monoisotopic (exact) mass is 188 g/mol. The van der Waals surface area contributed by atoms with Crippen molar-refractivity contribution in [2.45, 2.75) is 45.4 Å². The first-order valence-electron chi connectivity index (χ1n) is 5.93. The number of benzene rings is 1. The first-order valence-corrected chi connectivity index (χ1v) is 5.93. The molecule has 0 heterocycles. The summed E-state index contributed by atoms with van der Waals surface area (Å²) in [5, 5.41) is 0. The third-order valence-electron chi connectivity index (χ3n) is 3.42. The van der Waals surface area contributed by atoms with Crippen LogP contribution in [-0.4, -0.2) is 0 Å². The minimum Gasteiger partial charge on any atom is -0.0625 e. The van der Waals surface area contributed by atoms with Gasteiger partial charge in [0.1, 0.15) is 0 Å². The third kappa shape index (κ3) is 2.37. The van der Waals surface area contributed by atoms with Crippen LogP contribution >= 0.6 is 0 Å². The summed E-state index contributed by atoms with van der Waals surface area (Å²) in [6.07, 6.45) is 8.17. The lowest BCUT2D eigenvalue weighted by Gasteiger charge is -2.09. The highest BCUT2D eigenvalue weighted by molar-refractivity contribution is 5.27. The smallest absolute Gasteiger partial charge is 0.0274 e. The van der Waals surface area contributed by atoms with Crippen molar-refractivity contribution in [3.8, 4) is 0 Å². The normalized spacial score (nSPS) is 23.1. The highest BCUT2D eigenvalue weighted by Gasteiger charge is 2.08. The van der Waals surface area contributed by atoms with E-state index in [2.05, 4.69) is 31.2 Å². The van der Waals surface area contributed by atoms with Crippen molar-refractivity contribution in [3.63, 3.8) is 0 Å². The average Bonchev–Trinajstić information content (AvgIpc) is 2.30. The first kappa shape index (κ1) is 9.76. The van der Waals surface area contributed by atoms with Gasteiger partial charge >= 0.3 is 0 Å². The van der Waals surface area contributed by atoms with Crippen molar-refractivity contribution >= 4 is 0 Å². The van der Waals surface area contributed by atoms with E-state index in [1.807, 2.05) is 0 Å². The number of hydrogen-bond acceptors (Lipinski definition) is 0. The molecule has 0 saturated carbocycles. The van der Waals surface area contributed by atoms with Crippen LogP contribution in [-0.2, 0) is 12.8 Å². The first-order chi connectivity index (χ1) is 6.86. The molecule has 0 saturated heterocycles. The van der Waals surface area contributed by atoms with Crippen LogP contribution in [0.4, 0.5) is 0 Å². The van der Waals surface area contributed by atoms with Gasteiger partial charge in [-0.15, -0.1) is 0 Å². The number of aryl methyl sites for hydroxylation is 2. The van der Waals surface area contributed by atoms with E-state index in [1.54, 1.807) is 11.1 Å². The zero-order valence-corrected chi connectivity index (χ0v) is 9.13. The summed E-state index contributed by atoms with van der Waals surface area (Å²) in [7, 11) is 0. The van der Waals surface area contributed by atoms with Gasteiger partial charge < -0.3 is 0 Å². The SMILES string of the molecule is CC1CCCCc2ccccc2CC1. The Morgan fingerprint density at radius 1 is 0.929 bits per heavy atom. The lowest BCUT2D eigenvalue weighted by Crippen LogP contribution is -1.97. The molecule has 0 fully saturated rings. The van der Waals surface area contributed by atoms with Gasteiger partial charge in [-0.2, -0.15) is 0 Å². The zero-order chi connectivity index (χ0) is 9.80. The highest BCUT2D eigenvalue weighted by Crippen LogP contribution is 2.22. The van der Waals surface area contributed by atoms with Crippen molar-refractivity contribution in [3.05, 3.63) is 35.4 Å². The molecule has 1 atom stereocenters. The van der Waals surface area contributed by atoms with Crippen molar-refractivity contribution in [2.24, 2.45) is 5.92 Å². The Kier molecular flexibility index (Phi) is 3.23. The molecule has 0 bridgehead atoms. The molecule has 1 aliphatic rings. The summed E-state index contributed by atoms with van der Waals surface area (Å²) in [5.41, 5.74) is 3.20. The molecule has 1 aliphatic carbocycles. The Morgan fingerprint density at radius 3 is 2.43 bits per heavy atom. The predicted molar refractivity (Wildman–Crippen MR) is 61.5 cm³/mol. The highest BCUT2D eigenvalue weighted by atomic mass is 14.1. The van der Waals surface area contributed by atoms with Gasteiger partial charge in [-0.05, 0) is 42.7 Å². The number of rotatable bonds is 0. The summed E-state index contributed by atoms with van der Waals surface area (Å²) in [5.74, 6) is 0.918. The van der Waals surface area contributed by atoms with Crippen LogP contribution in [0.2, 0.25) is 0 Å². The molecule has 1 aromatic carbocycles. The van der Waals surface area contributed by atoms with E-state index < -0.39 is 0 Å². The quantitative estimate of drug-likeness (QED) is 0.577. The Labute approximate surface area is 87.3 Å². The molecule has 0 heteroatoms. The van der Waals surface area contributed by atoms with Crippen LogP contribution in [0.15, 0.2) is 24.3 Å². The van der Waals surface area contributed by atoms with Gasteiger partial charge in [0, 0.05) is 0 Å². The van der Waals surface area contributed by atoms with Crippen molar-refractivity contribution in [1.29, 1.82) is 0 Å². The van der Waals surface area contributed by atoms with Crippen molar-refractivity contribution in [2.75, 3.05) is 0 Å². The standard InChI is InChI=1S/C14H20/c1-12-6-2-3-7-13-8-4-5-9-14(13)11-10-12/h4-5,8-9,12H,2-3,6-7,10-11H2,1H3. The van der Waals surface area contributed by atoms with Crippen LogP contribution in [0.3, 0.4) is 0 Å². The topological polar surface area (TPSA) is 0 Å². The number of fused-ring (bicyclic) bond motifs is 1. The largest absolute Gasteiger partial charge is 0.0625 e. The molecule has 0 aliphatic heterocycles. The molecule has 14 heavy (non-hydrogen) atoms. The zero-order valence-electron chi connectivity index (χ0n) is 9.13. The van der Waals surface area contributed by atoms with E-state index in [-0.39, 0.29) is 0 Å². The van der Waals surface area contributed by atoms with Crippen LogP contribution in [0.5, 0.6) is 0 Å². The molecule has 0 radical (unpaired) electrons. The maximum Gasteiger partial charge on any atom is -0.0274 e. The minimum absolute atomic E-state index is 0.918. The second kappa shape index (κ2) is 4.63. The molecular formula is C14H20. The minimum atomic E-state index is 0.918. The third-order valence-corrected chi connectivity index (χ3v) is 3.42. The molecule has 1 aromatic rings. The van der Waals surface area contributed by atoms with Gasteiger partial charge in [0.15, 0.2) is 0 Å². The molecule has 2 rings (SSSR count). The van der Waals surface area contributed by atoms with E-state index in [0.29, 0.717) is 0 Å². The summed E-state index contributed by atoms with van der Waals surface area (Å²) in [6, 6.07) is 8.99.